The van der Waals surface area contributed by atoms with Gasteiger partial charge in [0.1, 0.15) is 24.8 Å². The van der Waals surface area contributed by atoms with E-state index in [-0.39, 0.29) is 25.4 Å². The minimum absolute atomic E-state index is 0.0646. The van der Waals surface area contributed by atoms with Gasteiger partial charge in [0.25, 0.3) is 0 Å². The molecule has 234 valence electrons. The Balaban J connectivity index is 2.02. The molecule has 0 aliphatic heterocycles. The fourth-order valence-corrected chi connectivity index (χ4v) is 3.28. The zero-order valence-electron chi connectivity index (χ0n) is 22.0. The Morgan fingerprint density at radius 2 is 1.45 bits per heavy atom. The zero-order valence-corrected chi connectivity index (χ0v) is 22.0. The highest BCUT2D eigenvalue weighted by atomic mass is 19.4. The molecule has 0 saturated carbocycles. The number of aliphatic carboxylic acids is 1. The lowest BCUT2D eigenvalue weighted by molar-refractivity contribution is -0.423. The molecule has 2 rings (SSSR count). The summed E-state index contributed by atoms with van der Waals surface area (Å²) in [7, 11) is 0. The Hall–Kier alpha value is -3.66. The molecule has 1 amide bonds. The maximum absolute atomic E-state index is 13.5. The van der Waals surface area contributed by atoms with Gasteiger partial charge in [-0.05, 0) is 42.3 Å². The first-order chi connectivity index (χ1) is 19.6. The van der Waals surface area contributed by atoms with E-state index >= 15 is 0 Å². The Kier molecular flexibility index (Phi) is 12.3. The van der Waals surface area contributed by atoms with E-state index in [2.05, 4.69) is 4.74 Å². The highest BCUT2D eigenvalue weighted by Gasteiger charge is 2.74. The summed E-state index contributed by atoms with van der Waals surface area (Å²) in [6.45, 7) is -1.60. The second kappa shape index (κ2) is 15.0. The number of carboxylic acid groups (broad SMARTS) is 1. The van der Waals surface area contributed by atoms with Crippen molar-refractivity contribution in [3.63, 3.8) is 0 Å². The van der Waals surface area contributed by atoms with E-state index < -0.39 is 68.5 Å². The first kappa shape index (κ1) is 34.5. The molecule has 0 saturated heterocycles. The molecule has 0 aliphatic carbocycles. The predicted octanol–water partition coefficient (Wildman–Crippen LogP) is 5.68. The predicted molar refractivity (Wildman–Crippen MR) is 129 cm³/mol. The minimum Gasteiger partial charge on any atom is -0.492 e. The van der Waals surface area contributed by atoms with Crippen LogP contribution in [0.25, 0.3) is 0 Å². The zero-order chi connectivity index (χ0) is 31.6. The highest BCUT2D eigenvalue weighted by Crippen LogP contribution is 2.46. The number of carbonyl (C=O) groups excluding carboxylic acids is 1. The van der Waals surface area contributed by atoms with Crippen molar-refractivity contribution in [3.05, 3.63) is 65.5 Å². The molecule has 16 heteroatoms. The number of carboxylic acids is 1. The van der Waals surface area contributed by atoms with Crippen molar-refractivity contribution in [2.45, 2.75) is 44.3 Å². The van der Waals surface area contributed by atoms with Gasteiger partial charge in [0, 0.05) is 19.6 Å². The molecule has 1 N–H and O–H groups in total. The molecule has 0 spiro atoms. The highest BCUT2D eigenvalue weighted by molar-refractivity contribution is 5.72. The Morgan fingerprint density at radius 3 is 2.00 bits per heavy atom. The third-order valence-electron chi connectivity index (χ3n) is 5.52. The Morgan fingerprint density at radius 1 is 0.881 bits per heavy atom. The lowest BCUT2D eigenvalue weighted by Crippen LogP contribution is -2.54. The van der Waals surface area contributed by atoms with Crippen molar-refractivity contribution in [2.24, 2.45) is 0 Å². The Labute approximate surface area is 234 Å². The van der Waals surface area contributed by atoms with Gasteiger partial charge in [0.15, 0.2) is 6.10 Å². The van der Waals surface area contributed by atoms with Gasteiger partial charge in [-0.25, -0.2) is 14.0 Å². The van der Waals surface area contributed by atoms with Crippen LogP contribution in [0.2, 0.25) is 0 Å². The monoisotopic (exact) mass is 617 g/mol. The van der Waals surface area contributed by atoms with E-state index in [4.69, 9.17) is 14.2 Å². The molecule has 0 heterocycles. The maximum atomic E-state index is 13.5. The molecule has 42 heavy (non-hydrogen) atoms. The van der Waals surface area contributed by atoms with Gasteiger partial charge >= 0.3 is 30.3 Å². The quantitative estimate of drug-likeness (QED) is 0.242. The molecule has 2 aromatic carbocycles. The summed E-state index contributed by atoms with van der Waals surface area (Å²) >= 11 is 0. The third kappa shape index (κ3) is 10.0. The number of hydrogen-bond acceptors (Lipinski definition) is 6. The molecule has 8 nitrogen and oxygen atoms in total. The fourth-order valence-electron chi connectivity index (χ4n) is 3.28. The number of alkyl halides is 7. The first-order valence-corrected chi connectivity index (χ1v) is 12.3. The molecule has 1 atom stereocenters. The third-order valence-corrected chi connectivity index (χ3v) is 5.52. The lowest BCUT2D eigenvalue weighted by Gasteiger charge is -2.28. The van der Waals surface area contributed by atoms with E-state index in [1.54, 1.807) is 19.1 Å². The number of ether oxygens (including phenoxy) is 4. The standard InChI is InChI=1S/C26H27F8NO7/c1-2-39-21(22(36)37)15-17-5-9-20(10-6-17)40-13-11-35(23(38)41-16-18-3-7-19(27)8-4-18)12-14-42-26(33,34)24(28,29)25(30,31)32/h3-10,21H,2,11-16H2,1H3,(H,36,37). The van der Waals surface area contributed by atoms with Gasteiger partial charge in [0.05, 0.1) is 13.2 Å². The van der Waals surface area contributed by atoms with Gasteiger partial charge in [-0.2, -0.15) is 30.7 Å². The number of hydrogen-bond donors (Lipinski definition) is 1. The number of rotatable bonds is 16. The summed E-state index contributed by atoms with van der Waals surface area (Å²) < 4.78 is 122. The van der Waals surface area contributed by atoms with E-state index in [1.807, 2.05) is 0 Å². The summed E-state index contributed by atoms with van der Waals surface area (Å²) in [6, 6.07) is 10.8. The van der Waals surface area contributed by atoms with E-state index in [9.17, 15) is 49.8 Å². The molecule has 0 aliphatic rings. The molecule has 0 fully saturated rings. The smallest absolute Gasteiger partial charge is 0.462 e. The summed E-state index contributed by atoms with van der Waals surface area (Å²) in [5, 5.41) is 9.18. The van der Waals surface area contributed by atoms with Gasteiger partial charge in [-0.1, -0.05) is 24.3 Å². The topological polar surface area (TPSA) is 94.5 Å². The molecular weight excluding hydrogens is 590 g/mol. The summed E-state index contributed by atoms with van der Waals surface area (Å²) in [4.78, 5) is 24.5. The number of halogens is 8. The lowest BCUT2D eigenvalue weighted by atomic mass is 10.1. The summed E-state index contributed by atoms with van der Waals surface area (Å²) in [5.74, 6) is -7.96. The Bertz CT molecular complexity index is 1140. The van der Waals surface area contributed by atoms with Gasteiger partial charge in [-0.15, -0.1) is 0 Å². The van der Waals surface area contributed by atoms with Crippen LogP contribution in [0.4, 0.5) is 39.9 Å². The number of amides is 1. The fraction of sp³-hybridized carbons (Fsp3) is 0.462. The largest absolute Gasteiger partial charge is 0.492 e. The van der Waals surface area contributed by atoms with Crippen molar-refractivity contribution >= 4 is 12.1 Å². The molecule has 1 unspecified atom stereocenters. The van der Waals surface area contributed by atoms with Crippen molar-refractivity contribution in [3.8, 4) is 5.75 Å². The average Bonchev–Trinajstić information content (AvgIpc) is 2.91. The molecular formula is C26H27F8NO7. The SMILES string of the molecule is CCOC(Cc1ccc(OCCN(CCOC(F)(F)C(F)(F)C(F)(F)F)C(=O)OCc2ccc(F)cc2)cc1)C(=O)O. The van der Waals surface area contributed by atoms with Crippen molar-refractivity contribution < 1.29 is 68.8 Å². The van der Waals surface area contributed by atoms with Crippen LogP contribution < -0.4 is 4.74 Å². The summed E-state index contributed by atoms with van der Waals surface area (Å²) in [6.07, 6.45) is -14.7. The normalized spacial score (nSPS) is 13.0. The van der Waals surface area contributed by atoms with Crippen LogP contribution in [-0.2, 0) is 32.0 Å². The van der Waals surface area contributed by atoms with E-state index in [0.29, 0.717) is 16.0 Å². The summed E-state index contributed by atoms with van der Waals surface area (Å²) in [5.41, 5.74) is 0.936. The van der Waals surface area contributed by atoms with Gasteiger partial charge in [-0.3, -0.25) is 0 Å². The van der Waals surface area contributed by atoms with Crippen LogP contribution in [-0.4, -0.2) is 79.3 Å². The van der Waals surface area contributed by atoms with Gasteiger partial charge in [0.2, 0.25) is 0 Å². The van der Waals surface area contributed by atoms with Crippen LogP contribution >= 0.6 is 0 Å². The minimum atomic E-state index is -6.59. The average molecular weight is 617 g/mol. The van der Waals surface area contributed by atoms with E-state index in [0.717, 1.165) is 12.1 Å². The molecule has 0 aromatic heterocycles. The molecule has 0 bridgehead atoms. The van der Waals surface area contributed by atoms with Crippen molar-refractivity contribution in [1.82, 2.24) is 4.90 Å². The van der Waals surface area contributed by atoms with Crippen LogP contribution in [0, 0.1) is 5.82 Å². The van der Waals surface area contributed by atoms with E-state index in [1.165, 1.54) is 24.3 Å². The number of carbonyl (C=O) groups is 2. The van der Waals surface area contributed by atoms with Crippen LogP contribution in [0.1, 0.15) is 18.1 Å². The first-order valence-electron chi connectivity index (χ1n) is 12.3. The maximum Gasteiger partial charge on any atom is 0.462 e. The number of benzene rings is 2. The molecule has 0 radical (unpaired) electrons. The number of nitrogens with zero attached hydrogens (tertiary/aromatic N) is 1. The second-order valence-corrected chi connectivity index (χ2v) is 8.58. The van der Waals surface area contributed by atoms with Crippen molar-refractivity contribution in [2.75, 3.05) is 32.9 Å². The van der Waals surface area contributed by atoms with Gasteiger partial charge < -0.3 is 29.0 Å². The van der Waals surface area contributed by atoms with Crippen LogP contribution in [0.5, 0.6) is 5.75 Å². The molecule has 2 aromatic rings. The van der Waals surface area contributed by atoms with Crippen LogP contribution in [0.15, 0.2) is 48.5 Å². The van der Waals surface area contributed by atoms with Crippen LogP contribution in [0.3, 0.4) is 0 Å². The van der Waals surface area contributed by atoms with Crippen molar-refractivity contribution in [1.29, 1.82) is 0 Å². The second-order valence-electron chi connectivity index (χ2n) is 8.58.